The van der Waals surface area contributed by atoms with Gasteiger partial charge in [-0.05, 0) is 36.5 Å². The fourth-order valence-electron chi connectivity index (χ4n) is 1.73. The van der Waals surface area contributed by atoms with Gasteiger partial charge in [-0.1, -0.05) is 32.9 Å². The van der Waals surface area contributed by atoms with Crippen LogP contribution in [-0.2, 0) is 11.2 Å². The third-order valence-corrected chi connectivity index (χ3v) is 2.71. The molecule has 0 saturated carbocycles. The normalized spacial score (nSPS) is 12.5. The molecule has 94 valence electrons. The largest absolute Gasteiger partial charge is 0.480 e. The molecule has 0 bridgehead atoms. The van der Waals surface area contributed by atoms with Gasteiger partial charge in [0.25, 0.3) is 0 Å². The van der Waals surface area contributed by atoms with Crippen LogP contribution in [0.5, 0.6) is 0 Å². The van der Waals surface area contributed by atoms with Crippen molar-refractivity contribution < 1.29 is 9.90 Å². The van der Waals surface area contributed by atoms with Crippen LogP contribution in [0, 0.1) is 5.92 Å². The minimum atomic E-state index is -0.793. The number of rotatable bonds is 6. The first-order valence-corrected chi connectivity index (χ1v) is 6.11. The number of nitrogens with one attached hydrogen (secondary N) is 1. The number of hydrogen-bond donors (Lipinski definition) is 2. The van der Waals surface area contributed by atoms with Crippen molar-refractivity contribution in [3.63, 3.8) is 0 Å². The molecule has 1 unspecified atom stereocenters. The average Bonchev–Trinajstić information content (AvgIpc) is 2.28. The Morgan fingerprint density at radius 2 is 1.88 bits per heavy atom. The van der Waals surface area contributed by atoms with E-state index in [1.165, 1.54) is 5.56 Å². The van der Waals surface area contributed by atoms with E-state index in [1.54, 1.807) is 0 Å². The highest BCUT2D eigenvalue weighted by molar-refractivity contribution is 5.77. The molecular weight excluding hydrogens is 214 g/mol. The average molecular weight is 235 g/mol. The SMILES string of the molecule is CCc1ccc(NC(CC(C)C)C(=O)O)cc1. The summed E-state index contributed by atoms with van der Waals surface area (Å²) in [6.45, 7) is 6.15. The van der Waals surface area contributed by atoms with Crippen molar-refractivity contribution in [1.82, 2.24) is 0 Å². The Kier molecular flexibility index (Phi) is 5.01. The molecule has 0 spiro atoms. The van der Waals surface area contributed by atoms with E-state index in [-0.39, 0.29) is 0 Å². The zero-order chi connectivity index (χ0) is 12.8. The van der Waals surface area contributed by atoms with Gasteiger partial charge < -0.3 is 10.4 Å². The van der Waals surface area contributed by atoms with Crippen LogP contribution in [0.2, 0.25) is 0 Å². The zero-order valence-electron chi connectivity index (χ0n) is 10.7. The van der Waals surface area contributed by atoms with Gasteiger partial charge in [0.15, 0.2) is 0 Å². The zero-order valence-corrected chi connectivity index (χ0v) is 10.7. The predicted molar refractivity (Wildman–Crippen MR) is 70.3 cm³/mol. The second kappa shape index (κ2) is 6.28. The Labute approximate surface area is 103 Å². The summed E-state index contributed by atoms with van der Waals surface area (Å²) in [6.07, 6.45) is 1.62. The third-order valence-electron chi connectivity index (χ3n) is 2.71. The molecule has 0 fully saturated rings. The van der Waals surface area contributed by atoms with Crippen LogP contribution in [-0.4, -0.2) is 17.1 Å². The lowest BCUT2D eigenvalue weighted by molar-refractivity contribution is -0.138. The minimum absolute atomic E-state index is 0.360. The number of anilines is 1. The molecule has 1 aromatic rings. The van der Waals surface area contributed by atoms with Gasteiger partial charge >= 0.3 is 5.97 Å². The summed E-state index contributed by atoms with van der Waals surface area (Å²) in [6, 6.07) is 7.42. The van der Waals surface area contributed by atoms with Crippen LogP contribution in [0.3, 0.4) is 0 Å². The van der Waals surface area contributed by atoms with E-state index in [4.69, 9.17) is 5.11 Å². The third kappa shape index (κ3) is 4.47. The van der Waals surface area contributed by atoms with E-state index >= 15 is 0 Å². The quantitative estimate of drug-likeness (QED) is 0.796. The highest BCUT2D eigenvalue weighted by Crippen LogP contribution is 2.14. The molecule has 0 aliphatic rings. The summed E-state index contributed by atoms with van der Waals surface area (Å²) in [7, 11) is 0. The van der Waals surface area contributed by atoms with Crippen molar-refractivity contribution in [2.45, 2.75) is 39.7 Å². The van der Waals surface area contributed by atoms with Gasteiger partial charge in [0.05, 0.1) is 0 Å². The standard InChI is InChI=1S/C14H21NO2/c1-4-11-5-7-12(8-6-11)15-13(14(16)17)9-10(2)3/h5-8,10,13,15H,4,9H2,1-3H3,(H,16,17). The van der Waals surface area contributed by atoms with Crippen molar-refractivity contribution in [3.05, 3.63) is 29.8 Å². The second-order valence-electron chi connectivity index (χ2n) is 4.72. The topological polar surface area (TPSA) is 49.3 Å². The Bertz CT molecular complexity index is 357. The summed E-state index contributed by atoms with van der Waals surface area (Å²) in [5, 5.41) is 12.2. The molecule has 0 saturated heterocycles. The van der Waals surface area contributed by atoms with Crippen LogP contribution in [0.25, 0.3) is 0 Å². The van der Waals surface area contributed by atoms with E-state index in [2.05, 4.69) is 12.2 Å². The molecule has 0 heterocycles. The van der Waals surface area contributed by atoms with Crippen molar-refractivity contribution in [3.8, 4) is 0 Å². The van der Waals surface area contributed by atoms with Gasteiger partial charge in [-0.15, -0.1) is 0 Å². The lowest BCUT2D eigenvalue weighted by Crippen LogP contribution is -2.30. The first-order chi connectivity index (χ1) is 8.02. The fourth-order valence-corrected chi connectivity index (χ4v) is 1.73. The first kappa shape index (κ1) is 13.6. The lowest BCUT2D eigenvalue weighted by Gasteiger charge is -2.17. The van der Waals surface area contributed by atoms with Crippen LogP contribution in [0.1, 0.15) is 32.8 Å². The molecule has 0 aliphatic carbocycles. The predicted octanol–water partition coefficient (Wildman–Crippen LogP) is 3.16. The number of aliphatic carboxylic acids is 1. The van der Waals surface area contributed by atoms with Crippen LogP contribution < -0.4 is 5.32 Å². The molecule has 2 N–H and O–H groups in total. The summed E-state index contributed by atoms with van der Waals surface area (Å²) in [5.41, 5.74) is 2.13. The fraction of sp³-hybridized carbons (Fsp3) is 0.500. The molecule has 1 rings (SSSR count). The molecule has 17 heavy (non-hydrogen) atoms. The molecule has 0 aromatic heterocycles. The first-order valence-electron chi connectivity index (χ1n) is 6.11. The van der Waals surface area contributed by atoms with Crippen molar-refractivity contribution >= 4 is 11.7 Å². The Balaban J connectivity index is 2.68. The van der Waals surface area contributed by atoms with Gasteiger partial charge in [-0.2, -0.15) is 0 Å². The molecule has 0 radical (unpaired) electrons. The lowest BCUT2D eigenvalue weighted by atomic mass is 10.0. The smallest absolute Gasteiger partial charge is 0.326 e. The number of carboxylic acids is 1. The Hall–Kier alpha value is -1.51. The maximum Gasteiger partial charge on any atom is 0.326 e. The van der Waals surface area contributed by atoms with Crippen LogP contribution in [0.4, 0.5) is 5.69 Å². The molecule has 3 nitrogen and oxygen atoms in total. The Morgan fingerprint density at radius 1 is 1.29 bits per heavy atom. The summed E-state index contributed by atoms with van der Waals surface area (Å²) < 4.78 is 0. The van der Waals surface area contributed by atoms with E-state index in [0.29, 0.717) is 12.3 Å². The number of carboxylic acid groups (broad SMARTS) is 1. The monoisotopic (exact) mass is 235 g/mol. The van der Waals surface area contributed by atoms with E-state index in [0.717, 1.165) is 12.1 Å². The number of hydrogen-bond acceptors (Lipinski definition) is 2. The molecule has 0 aliphatic heterocycles. The summed E-state index contributed by atoms with van der Waals surface area (Å²) in [5.74, 6) is -0.434. The second-order valence-corrected chi connectivity index (χ2v) is 4.72. The molecular formula is C14H21NO2. The van der Waals surface area contributed by atoms with Gasteiger partial charge in [0, 0.05) is 5.69 Å². The maximum atomic E-state index is 11.1. The van der Waals surface area contributed by atoms with Crippen LogP contribution >= 0.6 is 0 Å². The Morgan fingerprint density at radius 3 is 2.29 bits per heavy atom. The van der Waals surface area contributed by atoms with E-state index < -0.39 is 12.0 Å². The van der Waals surface area contributed by atoms with Gasteiger partial charge in [-0.3, -0.25) is 0 Å². The number of carbonyl (C=O) groups is 1. The molecule has 3 heteroatoms. The minimum Gasteiger partial charge on any atom is -0.480 e. The van der Waals surface area contributed by atoms with Crippen molar-refractivity contribution in [2.75, 3.05) is 5.32 Å². The summed E-state index contributed by atoms with van der Waals surface area (Å²) in [4.78, 5) is 11.1. The van der Waals surface area contributed by atoms with Gasteiger partial charge in [-0.25, -0.2) is 4.79 Å². The molecule has 0 amide bonds. The number of aryl methyl sites for hydroxylation is 1. The highest BCUT2D eigenvalue weighted by Gasteiger charge is 2.18. The maximum absolute atomic E-state index is 11.1. The number of benzene rings is 1. The van der Waals surface area contributed by atoms with Crippen molar-refractivity contribution in [2.24, 2.45) is 5.92 Å². The van der Waals surface area contributed by atoms with Gasteiger partial charge in [0.1, 0.15) is 6.04 Å². The van der Waals surface area contributed by atoms with Crippen LogP contribution in [0.15, 0.2) is 24.3 Å². The van der Waals surface area contributed by atoms with Gasteiger partial charge in [0.2, 0.25) is 0 Å². The summed E-state index contributed by atoms with van der Waals surface area (Å²) >= 11 is 0. The van der Waals surface area contributed by atoms with E-state index in [9.17, 15) is 4.79 Å². The van der Waals surface area contributed by atoms with Crippen molar-refractivity contribution in [1.29, 1.82) is 0 Å². The van der Waals surface area contributed by atoms with E-state index in [1.807, 2.05) is 38.1 Å². The molecule has 1 atom stereocenters. The highest BCUT2D eigenvalue weighted by atomic mass is 16.4. The molecule has 1 aromatic carbocycles.